The Kier molecular flexibility index (Phi) is 6.15. The van der Waals surface area contributed by atoms with E-state index < -0.39 is 0 Å². The fraction of sp³-hybridized carbons (Fsp3) is 0.625. The lowest BCUT2D eigenvalue weighted by Gasteiger charge is -2.13. The number of hydrogen-bond acceptors (Lipinski definition) is 4. The van der Waals surface area contributed by atoms with Crippen molar-refractivity contribution in [2.75, 3.05) is 40.4 Å². The van der Waals surface area contributed by atoms with E-state index in [1.54, 1.807) is 0 Å². The Bertz CT molecular complexity index is 407. The lowest BCUT2D eigenvalue weighted by Crippen LogP contribution is -2.18. The van der Waals surface area contributed by atoms with Crippen LogP contribution in [0.3, 0.4) is 0 Å². The van der Waals surface area contributed by atoms with Gasteiger partial charge < -0.3 is 19.7 Å². The summed E-state index contributed by atoms with van der Waals surface area (Å²) in [5.74, 6) is 1.81. The summed E-state index contributed by atoms with van der Waals surface area (Å²) in [4.78, 5) is 2.22. The van der Waals surface area contributed by atoms with E-state index in [4.69, 9.17) is 9.47 Å². The Labute approximate surface area is 122 Å². The molecule has 0 fully saturated rings. The number of ether oxygens (including phenoxy) is 2. The molecule has 1 aliphatic heterocycles. The summed E-state index contributed by atoms with van der Waals surface area (Å²) in [6, 6.07) is 6.14. The second-order valence-electron chi connectivity index (χ2n) is 5.48. The van der Waals surface area contributed by atoms with Crippen LogP contribution in [0.15, 0.2) is 18.2 Å². The van der Waals surface area contributed by atoms with Crippen molar-refractivity contribution in [3.05, 3.63) is 23.8 Å². The first kappa shape index (κ1) is 15.1. The molecule has 1 aromatic carbocycles. The van der Waals surface area contributed by atoms with E-state index in [1.165, 1.54) is 18.4 Å². The summed E-state index contributed by atoms with van der Waals surface area (Å²) >= 11 is 0. The van der Waals surface area contributed by atoms with Crippen molar-refractivity contribution in [1.29, 1.82) is 0 Å². The van der Waals surface area contributed by atoms with Gasteiger partial charge in [0.2, 0.25) is 0 Å². The van der Waals surface area contributed by atoms with Crippen LogP contribution in [0.1, 0.15) is 24.8 Å². The van der Waals surface area contributed by atoms with E-state index in [0.717, 1.165) is 50.8 Å². The smallest absolute Gasteiger partial charge is 0.165 e. The maximum atomic E-state index is 5.82. The fourth-order valence-corrected chi connectivity index (χ4v) is 2.29. The molecule has 1 aromatic rings. The van der Waals surface area contributed by atoms with Crippen LogP contribution >= 0.6 is 0 Å². The van der Waals surface area contributed by atoms with E-state index in [1.807, 2.05) is 12.1 Å². The van der Waals surface area contributed by atoms with Gasteiger partial charge in [-0.1, -0.05) is 12.1 Å². The van der Waals surface area contributed by atoms with Gasteiger partial charge in [-0.3, -0.25) is 0 Å². The van der Waals surface area contributed by atoms with Crippen molar-refractivity contribution in [2.45, 2.75) is 25.8 Å². The highest BCUT2D eigenvalue weighted by Crippen LogP contribution is 2.33. The Balaban J connectivity index is 1.78. The first-order valence-electron chi connectivity index (χ1n) is 7.50. The van der Waals surface area contributed by atoms with E-state index >= 15 is 0 Å². The molecule has 0 saturated carbocycles. The highest BCUT2D eigenvalue weighted by atomic mass is 16.5. The summed E-state index contributed by atoms with van der Waals surface area (Å²) < 4.78 is 11.5. The van der Waals surface area contributed by atoms with Crippen LogP contribution in [0, 0.1) is 0 Å². The Morgan fingerprint density at radius 2 is 2.00 bits per heavy atom. The molecule has 0 radical (unpaired) electrons. The van der Waals surface area contributed by atoms with E-state index in [0.29, 0.717) is 0 Å². The maximum absolute atomic E-state index is 5.82. The lowest BCUT2D eigenvalue weighted by atomic mass is 10.2. The van der Waals surface area contributed by atoms with Crippen molar-refractivity contribution >= 4 is 0 Å². The van der Waals surface area contributed by atoms with Gasteiger partial charge in [0.05, 0.1) is 13.2 Å². The molecule has 1 N–H and O–H groups in total. The zero-order chi connectivity index (χ0) is 14.2. The second-order valence-corrected chi connectivity index (χ2v) is 5.48. The number of fused-ring (bicyclic) bond motifs is 1. The molecule has 4 heteroatoms. The van der Waals surface area contributed by atoms with Crippen LogP contribution in [-0.2, 0) is 6.54 Å². The average molecular weight is 278 g/mol. The third-order valence-electron chi connectivity index (χ3n) is 3.38. The predicted octanol–water partition coefficient (Wildman–Crippen LogP) is 2.28. The van der Waals surface area contributed by atoms with Crippen LogP contribution in [0.25, 0.3) is 0 Å². The predicted molar refractivity (Wildman–Crippen MR) is 81.5 cm³/mol. The first-order valence-corrected chi connectivity index (χ1v) is 7.50. The molecule has 0 amide bonds. The number of nitrogens with zero attached hydrogens (tertiary/aromatic N) is 1. The van der Waals surface area contributed by atoms with Gasteiger partial charge in [-0.15, -0.1) is 0 Å². The van der Waals surface area contributed by atoms with E-state index in [2.05, 4.69) is 30.4 Å². The summed E-state index contributed by atoms with van der Waals surface area (Å²) in [5.41, 5.74) is 1.19. The number of hydrogen-bond donors (Lipinski definition) is 1. The molecule has 0 aliphatic carbocycles. The standard InChI is InChI=1S/C16H26N2O2/c1-18(2)10-4-3-9-17-13-14-7-5-8-15-16(14)20-12-6-11-19-15/h5,7-8,17H,3-4,6,9-13H2,1-2H3. The van der Waals surface area contributed by atoms with Crippen LogP contribution in [-0.4, -0.2) is 45.3 Å². The van der Waals surface area contributed by atoms with Crippen LogP contribution in [0.4, 0.5) is 0 Å². The largest absolute Gasteiger partial charge is 0.490 e. The topological polar surface area (TPSA) is 33.7 Å². The summed E-state index contributed by atoms with van der Waals surface area (Å²) in [6.07, 6.45) is 3.38. The lowest BCUT2D eigenvalue weighted by molar-refractivity contribution is 0.296. The molecule has 1 aliphatic rings. The van der Waals surface area contributed by atoms with Crippen molar-refractivity contribution in [3.63, 3.8) is 0 Å². The van der Waals surface area contributed by atoms with Gasteiger partial charge in [-0.2, -0.15) is 0 Å². The molecule has 2 rings (SSSR count). The minimum Gasteiger partial charge on any atom is -0.490 e. The van der Waals surface area contributed by atoms with E-state index in [-0.39, 0.29) is 0 Å². The molecule has 0 atom stereocenters. The quantitative estimate of drug-likeness (QED) is 0.776. The monoisotopic (exact) mass is 278 g/mol. The summed E-state index contributed by atoms with van der Waals surface area (Å²) in [5, 5.41) is 3.49. The minimum atomic E-state index is 0.743. The van der Waals surface area contributed by atoms with Crippen molar-refractivity contribution < 1.29 is 9.47 Å². The van der Waals surface area contributed by atoms with Gasteiger partial charge >= 0.3 is 0 Å². The van der Waals surface area contributed by atoms with Gasteiger partial charge in [-0.05, 0) is 46.1 Å². The number of para-hydroxylation sites is 1. The highest BCUT2D eigenvalue weighted by Gasteiger charge is 2.13. The number of rotatable bonds is 7. The molecule has 0 spiro atoms. The molecule has 0 aromatic heterocycles. The van der Waals surface area contributed by atoms with Crippen LogP contribution in [0.5, 0.6) is 11.5 Å². The first-order chi connectivity index (χ1) is 9.77. The Morgan fingerprint density at radius 3 is 2.85 bits per heavy atom. The van der Waals surface area contributed by atoms with Crippen molar-refractivity contribution in [3.8, 4) is 11.5 Å². The SMILES string of the molecule is CN(C)CCCCNCc1cccc2c1OCCCO2. The van der Waals surface area contributed by atoms with Crippen LogP contribution < -0.4 is 14.8 Å². The molecule has 0 unspecified atom stereocenters. The minimum absolute atomic E-state index is 0.743. The summed E-state index contributed by atoms with van der Waals surface area (Å²) in [7, 11) is 4.23. The Hall–Kier alpha value is -1.26. The fourth-order valence-electron chi connectivity index (χ4n) is 2.29. The molecule has 0 bridgehead atoms. The van der Waals surface area contributed by atoms with Gasteiger partial charge in [-0.25, -0.2) is 0 Å². The van der Waals surface area contributed by atoms with Gasteiger partial charge in [0.15, 0.2) is 11.5 Å². The van der Waals surface area contributed by atoms with Gasteiger partial charge in [0.25, 0.3) is 0 Å². The van der Waals surface area contributed by atoms with Gasteiger partial charge in [0, 0.05) is 18.5 Å². The van der Waals surface area contributed by atoms with E-state index in [9.17, 15) is 0 Å². The molecule has 112 valence electrons. The summed E-state index contributed by atoms with van der Waals surface area (Å²) in [6.45, 7) is 4.52. The molecular formula is C16H26N2O2. The van der Waals surface area contributed by atoms with Crippen molar-refractivity contribution in [1.82, 2.24) is 10.2 Å². The number of nitrogens with one attached hydrogen (secondary N) is 1. The third-order valence-corrected chi connectivity index (χ3v) is 3.38. The van der Waals surface area contributed by atoms with Crippen LogP contribution in [0.2, 0.25) is 0 Å². The molecular weight excluding hydrogens is 252 g/mol. The molecule has 4 nitrogen and oxygen atoms in total. The highest BCUT2D eigenvalue weighted by molar-refractivity contribution is 5.46. The number of benzene rings is 1. The van der Waals surface area contributed by atoms with Crippen molar-refractivity contribution in [2.24, 2.45) is 0 Å². The zero-order valence-electron chi connectivity index (χ0n) is 12.7. The molecule has 20 heavy (non-hydrogen) atoms. The second kappa shape index (κ2) is 8.12. The van der Waals surface area contributed by atoms with Gasteiger partial charge in [0.1, 0.15) is 0 Å². The molecule has 1 heterocycles. The zero-order valence-corrected chi connectivity index (χ0v) is 12.7. The molecule has 0 saturated heterocycles. The Morgan fingerprint density at radius 1 is 1.15 bits per heavy atom. The number of unbranched alkanes of at least 4 members (excludes halogenated alkanes) is 1. The third kappa shape index (κ3) is 4.69. The normalized spacial score (nSPS) is 14.3. The maximum Gasteiger partial charge on any atom is 0.165 e. The average Bonchev–Trinajstić information content (AvgIpc) is 2.68.